The number of nitrogens with one attached hydrogen (secondary N) is 1. The zero-order chi connectivity index (χ0) is 25.2. The summed E-state index contributed by atoms with van der Waals surface area (Å²) < 4.78 is 30.4. The lowest BCUT2D eigenvalue weighted by molar-refractivity contribution is -0.144. The fourth-order valence-electron chi connectivity index (χ4n) is 4.41. The minimum Gasteiger partial charge on any atom is -0.492 e. The van der Waals surface area contributed by atoms with Gasteiger partial charge in [-0.1, -0.05) is 54.1 Å². The number of carboxylic acids is 1. The molecule has 0 fully saturated rings. The standard InChI is InChI=1S/C27H27NO6S/c1-18-6-5-7-19(14-18)12-13-34-23-15-20(10-11-24(23)35(2,32)33)25(29)28-27(26(30)31)16-21-8-3-4-9-22(21)17-27/h3-11,14-15H,12-13,16-17H2,1-2H3,(H,28,29)(H,30,31). The van der Waals surface area contributed by atoms with Gasteiger partial charge in [0.05, 0.1) is 6.61 Å². The summed E-state index contributed by atoms with van der Waals surface area (Å²) in [6.07, 6.45) is 1.98. The Hall–Kier alpha value is -3.65. The van der Waals surface area contributed by atoms with E-state index in [-0.39, 0.29) is 35.7 Å². The summed E-state index contributed by atoms with van der Waals surface area (Å²) in [5.74, 6) is -1.67. The molecule has 4 rings (SSSR count). The van der Waals surface area contributed by atoms with Gasteiger partial charge >= 0.3 is 5.97 Å². The Labute approximate surface area is 204 Å². The third-order valence-electron chi connectivity index (χ3n) is 6.20. The van der Waals surface area contributed by atoms with E-state index in [1.54, 1.807) is 0 Å². The Kier molecular flexibility index (Phi) is 6.67. The van der Waals surface area contributed by atoms with Gasteiger partial charge in [0.15, 0.2) is 9.84 Å². The van der Waals surface area contributed by atoms with E-state index in [9.17, 15) is 23.1 Å². The lowest BCUT2D eigenvalue weighted by Crippen LogP contribution is -2.55. The first-order valence-electron chi connectivity index (χ1n) is 11.2. The number of aryl methyl sites for hydroxylation is 1. The molecular formula is C27H27NO6S. The monoisotopic (exact) mass is 493 g/mol. The average molecular weight is 494 g/mol. The predicted octanol–water partition coefficient (Wildman–Crippen LogP) is 3.37. The molecule has 0 atom stereocenters. The van der Waals surface area contributed by atoms with Gasteiger partial charge < -0.3 is 15.2 Å². The van der Waals surface area contributed by atoms with Crippen molar-refractivity contribution in [1.29, 1.82) is 0 Å². The fraction of sp³-hybridized carbons (Fsp3) is 0.259. The highest BCUT2D eigenvalue weighted by Gasteiger charge is 2.45. The van der Waals surface area contributed by atoms with E-state index >= 15 is 0 Å². The third-order valence-corrected chi connectivity index (χ3v) is 7.34. The van der Waals surface area contributed by atoms with Crippen LogP contribution >= 0.6 is 0 Å². The normalized spacial score (nSPS) is 14.2. The molecule has 2 N–H and O–H groups in total. The van der Waals surface area contributed by atoms with Crippen LogP contribution in [0.3, 0.4) is 0 Å². The van der Waals surface area contributed by atoms with Crippen LogP contribution in [0.5, 0.6) is 5.75 Å². The SMILES string of the molecule is Cc1cccc(CCOc2cc(C(=O)NC3(C(=O)O)Cc4ccccc4C3)ccc2S(C)(=O)=O)c1. The van der Waals surface area contributed by atoms with Crippen LogP contribution in [0.2, 0.25) is 0 Å². The maximum Gasteiger partial charge on any atom is 0.330 e. The molecule has 0 radical (unpaired) electrons. The molecule has 0 aliphatic heterocycles. The van der Waals surface area contributed by atoms with Crippen molar-refractivity contribution in [3.63, 3.8) is 0 Å². The molecule has 0 bridgehead atoms. The Morgan fingerprint density at radius 3 is 2.29 bits per heavy atom. The molecule has 0 saturated carbocycles. The molecule has 7 nitrogen and oxygen atoms in total. The van der Waals surface area contributed by atoms with Crippen molar-refractivity contribution in [2.75, 3.05) is 12.9 Å². The topological polar surface area (TPSA) is 110 Å². The molecule has 0 spiro atoms. The van der Waals surface area contributed by atoms with Gasteiger partial charge in [-0.25, -0.2) is 13.2 Å². The average Bonchev–Trinajstić information content (AvgIpc) is 3.18. The fourth-order valence-corrected chi connectivity index (χ4v) is 5.21. The summed E-state index contributed by atoms with van der Waals surface area (Å²) in [6.45, 7) is 2.20. The number of carbonyl (C=O) groups is 2. The van der Waals surface area contributed by atoms with Gasteiger partial charge in [-0.2, -0.15) is 0 Å². The van der Waals surface area contributed by atoms with Crippen molar-refractivity contribution < 1.29 is 27.9 Å². The summed E-state index contributed by atoms with van der Waals surface area (Å²) in [5.41, 5.74) is 2.57. The number of carbonyl (C=O) groups excluding carboxylic acids is 1. The number of hydrogen-bond donors (Lipinski definition) is 2. The highest BCUT2D eigenvalue weighted by atomic mass is 32.2. The molecule has 0 heterocycles. The first-order chi connectivity index (χ1) is 16.6. The number of rotatable bonds is 8. The number of benzene rings is 3. The lowest BCUT2D eigenvalue weighted by atomic mass is 9.95. The largest absolute Gasteiger partial charge is 0.492 e. The zero-order valence-corrected chi connectivity index (χ0v) is 20.4. The maximum atomic E-state index is 13.1. The van der Waals surface area contributed by atoms with Crippen LogP contribution in [-0.2, 0) is 33.9 Å². The maximum absolute atomic E-state index is 13.1. The van der Waals surface area contributed by atoms with Gasteiger partial charge in [0, 0.05) is 31.1 Å². The highest BCUT2D eigenvalue weighted by molar-refractivity contribution is 7.90. The molecule has 1 aliphatic carbocycles. The van der Waals surface area contributed by atoms with Crippen molar-refractivity contribution in [1.82, 2.24) is 5.32 Å². The van der Waals surface area contributed by atoms with E-state index in [0.29, 0.717) is 6.42 Å². The van der Waals surface area contributed by atoms with Crippen LogP contribution < -0.4 is 10.1 Å². The predicted molar refractivity (Wildman–Crippen MR) is 132 cm³/mol. The van der Waals surface area contributed by atoms with E-state index in [2.05, 4.69) is 5.32 Å². The molecule has 3 aromatic carbocycles. The van der Waals surface area contributed by atoms with Crippen LogP contribution in [0.15, 0.2) is 71.6 Å². The molecule has 35 heavy (non-hydrogen) atoms. The Balaban J connectivity index is 1.56. The molecule has 0 unspecified atom stereocenters. The summed E-state index contributed by atoms with van der Waals surface area (Å²) in [4.78, 5) is 25.3. The third kappa shape index (κ3) is 5.38. The van der Waals surface area contributed by atoms with Crippen molar-refractivity contribution in [3.05, 3.63) is 94.5 Å². The van der Waals surface area contributed by atoms with E-state index in [4.69, 9.17) is 4.74 Å². The minimum absolute atomic E-state index is 0.0282. The second kappa shape index (κ2) is 9.54. The van der Waals surface area contributed by atoms with Crippen LogP contribution in [0, 0.1) is 6.92 Å². The lowest BCUT2D eigenvalue weighted by Gasteiger charge is -2.25. The van der Waals surface area contributed by atoms with Crippen LogP contribution in [-0.4, -0.2) is 43.8 Å². The first-order valence-corrected chi connectivity index (χ1v) is 13.1. The van der Waals surface area contributed by atoms with E-state index in [1.165, 1.54) is 18.2 Å². The van der Waals surface area contributed by atoms with Crippen LogP contribution in [0.4, 0.5) is 0 Å². The highest BCUT2D eigenvalue weighted by Crippen LogP contribution is 2.31. The number of carboxylic acid groups (broad SMARTS) is 1. The molecule has 182 valence electrons. The Morgan fingerprint density at radius 1 is 1.00 bits per heavy atom. The van der Waals surface area contributed by atoms with Gasteiger partial charge in [-0.15, -0.1) is 0 Å². The van der Waals surface area contributed by atoms with Crippen molar-refractivity contribution >= 4 is 21.7 Å². The Bertz CT molecular complexity index is 1370. The van der Waals surface area contributed by atoms with Crippen molar-refractivity contribution in [3.8, 4) is 5.75 Å². The van der Waals surface area contributed by atoms with Crippen molar-refractivity contribution in [2.24, 2.45) is 0 Å². The zero-order valence-electron chi connectivity index (χ0n) is 19.6. The summed E-state index contributed by atoms with van der Waals surface area (Å²) in [6, 6.07) is 19.3. The second-order valence-electron chi connectivity index (χ2n) is 8.98. The second-order valence-corrected chi connectivity index (χ2v) is 11.0. The quantitative estimate of drug-likeness (QED) is 0.498. The van der Waals surface area contributed by atoms with Gasteiger partial charge in [0.2, 0.25) is 0 Å². The number of amides is 1. The molecule has 1 aliphatic rings. The number of sulfone groups is 1. The van der Waals surface area contributed by atoms with Crippen LogP contribution in [0.1, 0.15) is 32.6 Å². The van der Waals surface area contributed by atoms with Gasteiger partial charge in [-0.3, -0.25) is 4.79 Å². The van der Waals surface area contributed by atoms with E-state index in [1.807, 2.05) is 55.5 Å². The summed E-state index contributed by atoms with van der Waals surface area (Å²) in [5, 5.41) is 12.6. The van der Waals surface area contributed by atoms with E-state index in [0.717, 1.165) is 28.5 Å². The van der Waals surface area contributed by atoms with Crippen molar-refractivity contribution in [2.45, 2.75) is 36.6 Å². The molecule has 3 aromatic rings. The van der Waals surface area contributed by atoms with E-state index < -0.39 is 27.3 Å². The summed E-state index contributed by atoms with van der Waals surface area (Å²) in [7, 11) is -3.61. The number of ether oxygens (including phenoxy) is 1. The molecule has 8 heteroatoms. The smallest absolute Gasteiger partial charge is 0.330 e. The Morgan fingerprint density at radius 2 is 1.69 bits per heavy atom. The molecular weight excluding hydrogens is 466 g/mol. The molecule has 0 aromatic heterocycles. The van der Waals surface area contributed by atoms with Crippen LogP contribution in [0.25, 0.3) is 0 Å². The molecule has 1 amide bonds. The van der Waals surface area contributed by atoms with Gasteiger partial charge in [0.25, 0.3) is 5.91 Å². The van der Waals surface area contributed by atoms with Gasteiger partial charge in [-0.05, 0) is 41.8 Å². The first kappa shape index (κ1) is 24.5. The number of fused-ring (bicyclic) bond motifs is 1. The molecule has 0 saturated heterocycles. The van der Waals surface area contributed by atoms with Gasteiger partial charge in [0.1, 0.15) is 16.2 Å². The minimum atomic E-state index is -3.61. The number of hydrogen-bond acceptors (Lipinski definition) is 5. The summed E-state index contributed by atoms with van der Waals surface area (Å²) >= 11 is 0. The number of aliphatic carboxylic acids is 1.